The summed E-state index contributed by atoms with van der Waals surface area (Å²) < 4.78 is 4.91. The molecule has 0 unspecified atom stereocenters. The first-order chi connectivity index (χ1) is 6.26. The summed E-state index contributed by atoms with van der Waals surface area (Å²) in [6.07, 6.45) is -0.702. The third-order valence-corrected chi connectivity index (χ3v) is 1.36. The molecule has 5 nitrogen and oxygen atoms in total. The Bertz CT molecular complexity index is 219. The second-order valence-electron chi connectivity index (χ2n) is 3.99. The fourth-order valence-electron chi connectivity index (χ4n) is 0.726. The van der Waals surface area contributed by atoms with E-state index >= 15 is 0 Å². The number of carbonyl (C=O) groups excluding carboxylic acids is 2. The first-order valence-corrected chi connectivity index (χ1v) is 4.37. The van der Waals surface area contributed by atoms with Crippen LogP contribution in [0.4, 0.5) is 4.79 Å². The Morgan fingerprint density at radius 1 is 1.43 bits per heavy atom. The highest BCUT2D eigenvalue weighted by Crippen LogP contribution is 2.06. The first-order valence-electron chi connectivity index (χ1n) is 4.37. The fourth-order valence-corrected chi connectivity index (χ4v) is 0.726. The average Bonchev–Trinajstić information content (AvgIpc) is 1.96. The average molecular weight is 203 g/mol. The van der Waals surface area contributed by atoms with Gasteiger partial charge in [0.05, 0.1) is 6.61 Å². The van der Waals surface area contributed by atoms with Crippen LogP contribution in [0.25, 0.3) is 0 Å². The predicted molar refractivity (Wildman–Crippen MR) is 50.9 cm³/mol. The van der Waals surface area contributed by atoms with E-state index < -0.39 is 24.3 Å². The number of amides is 1. The van der Waals surface area contributed by atoms with Crippen LogP contribution >= 0.6 is 0 Å². The van der Waals surface area contributed by atoms with Gasteiger partial charge < -0.3 is 15.2 Å². The first kappa shape index (κ1) is 12.9. The number of ketones is 1. The van der Waals surface area contributed by atoms with Gasteiger partial charge in [0, 0.05) is 0 Å². The zero-order valence-corrected chi connectivity index (χ0v) is 8.96. The molecule has 2 N–H and O–H groups in total. The van der Waals surface area contributed by atoms with E-state index in [4.69, 9.17) is 9.84 Å². The molecule has 0 fully saturated rings. The summed E-state index contributed by atoms with van der Waals surface area (Å²) in [5, 5.41) is 11.0. The van der Waals surface area contributed by atoms with Crippen molar-refractivity contribution in [1.82, 2.24) is 5.32 Å². The van der Waals surface area contributed by atoms with E-state index in [1.807, 2.05) is 0 Å². The molecule has 0 aliphatic rings. The second kappa shape index (κ2) is 4.95. The number of aliphatic hydroxyl groups excluding tert-OH is 1. The number of hydrogen-bond acceptors (Lipinski definition) is 4. The van der Waals surface area contributed by atoms with Crippen molar-refractivity contribution in [1.29, 1.82) is 0 Å². The Balaban J connectivity index is 4.11. The van der Waals surface area contributed by atoms with E-state index in [1.165, 1.54) is 6.92 Å². The van der Waals surface area contributed by atoms with Gasteiger partial charge in [0.25, 0.3) is 0 Å². The minimum Gasteiger partial charge on any atom is -0.444 e. The smallest absolute Gasteiger partial charge is 0.408 e. The highest BCUT2D eigenvalue weighted by atomic mass is 16.6. The molecule has 0 aromatic rings. The Morgan fingerprint density at radius 3 is 2.21 bits per heavy atom. The zero-order chi connectivity index (χ0) is 11.4. The number of carbonyl (C=O) groups is 2. The molecule has 5 heteroatoms. The molecule has 0 bridgehead atoms. The lowest BCUT2D eigenvalue weighted by Crippen LogP contribution is -2.44. The number of aliphatic hydroxyl groups is 1. The molecule has 82 valence electrons. The van der Waals surface area contributed by atoms with Crippen LogP contribution in [-0.2, 0) is 9.53 Å². The Labute approximate surface area is 83.4 Å². The molecule has 14 heavy (non-hydrogen) atoms. The standard InChI is InChI=1S/C9H17NO4/c1-6(12)7(5-11)10-8(13)14-9(2,3)4/h7,11H,5H2,1-4H3,(H,10,13)/t7-/m0/s1. The van der Waals surface area contributed by atoms with Gasteiger partial charge in [-0.2, -0.15) is 0 Å². The topological polar surface area (TPSA) is 75.6 Å². The fraction of sp³-hybridized carbons (Fsp3) is 0.778. The van der Waals surface area contributed by atoms with Gasteiger partial charge in [0.2, 0.25) is 0 Å². The number of nitrogens with one attached hydrogen (secondary N) is 1. The highest BCUT2D eigenvalue weighted by Gasteiger charge is 2.21. The molecule has 0 heterocycles. The minimum atomic E-state index is -0.884. The van der Waals surface area contributed by atoms with Crippen molar-refractivity contribution in [2.75, 3.05) is 6.61 Å². The summed E-state index contributed by atoms with van der Waals surface area (Å²) in [4.78, 5) is 22.0. The van der Waals surface area contributed by atoms with Crippen LogP contribution in [0.15, 0.2) is 0 Å². The van der Waals surface area contributed by atoms with E-state index in [-0.39, 0.29) is 5.78 Å². The van der Waals surface area contributed by atoms with Gasteiger partial charge in [0.15, 0.2) is 5.78 Å². The molecule has 0 spiro atoms. The summed E-state index contributed by atoms with van der Waals surface area (Å²) in [5.41, 5.74) is -0.610. The van der Waals surface area contributed by atoms with E-state index in [1.54, 1.807) is 20.8 Å². The molecule has 0 aromatic heterocycles. The van der Waals surface area contributed by atoms with Crippen LogP contribution in [0.2, 0.25) is 0 Å². The van der Waals surface area contributed by atoms with Crippen LogP contribution in [0.1, 0.15) is 27.7 Å². The molecule has 0 aliphatic carbocycles. The van der Waals surface area contributed by atoms with Gasteiger partial charge in [-0.1, -0.05) is 0 Å². The summed E-state index contributed by atoms with van der Waals surface area (Å²) in [6, 6.07) is -0.884. The highest BCUT2D eigenvalue weighted by molar-refractivity contribution is 5.85. The van der Waals surface area contributed by atoms with Crippen molar-refractivity contribution in [2.24, 2.45) is 0 Å². The van der Waals surface area contributed by atoms with Crippen molar-refractivity contribution in [3.63, 3.8) is 0 Å². The lowest BCUT2D eigenvalue weighted by molar-refractivity contribution is -0.119. The molecular weight excluding hydrogens is 186 g/mol. The van der Waals surface area contributed by atoms with Crippen LogP contribution in [-0.4, -0.2) is 35.2 Å². The third kappa shape index (κ3) is 5.53. The summed E-state index contributed by atoms with van der Waals surface area (Å²) >= 11 is 0. The summed E-state index contributed by atoms with van der Waals surface area (Å²) in [5.74, 6) is -0.307. The minimum absolute atomic E-state index is 0.307. The van der Waals surface area contributed by atoms with Crippen molar-refractivity contribution >= 4 is 11.9 Å². The van der Waals surface area contributed by atoms with E-state index in [9.17, 15) is 9.59 Å². The largest absolute Gasteiger partial charge is 0.444 e. The maximum absolute atomic E-state index is 11.1. The van der Waals surface area contributed by atoms with Crippen molar-refractivity contribution in [3.8, 4) is 0 Å². The van der Waals surface area contributed by atoms with Crippen LogP contribution in [0, 0.1) is 0 Å². The SMILES string of the molecule is CC(=O)[C@H](CO)NC(=O)OC(C)(C)C. The molecule has 0 aromatic carbocycles. The van der Waals surface area contributed by atoms with Crippen molar-refractivity contribution in [3.05, 3.63) is 0 Å². The van der Waals surface area contributed by atoms with E-state index in [0.29, 0.717) is 0 Å². The lowest BCUT2D eigenvalue weighted by Gasteiger charge is -2.21. The number of hydrogen-bond donors (Lipinski definition) is 2. The Kier molecular flexibility index (Phi) is 4.56. The van der Waals surface area contributed by atoms with Gasteiger partial charge >= 0.3 is 6.09 Å². The Hall–Kier alpha value is -1.10. The monoisotopic (exact) mass is 203 g/mol. The molecule has 0 saturated carbocycles. The van der Waals surface area contributed by atoms with Crippen molar-refractivity contribution < 1.29 is 19.4 Å². The maximum atomic E-state index is 11.1. The molecule has 1 amide bonds. The summed E-state index contributed by atoms with van der Waals surface area (Å²) in [7, 11) is 0. The number of ether oxygens (including phenoxy) is 1. The molecular formula is C9H17NO4. The van der Waals surface area contributed by atoms with E-state index in [0.717, 1.165) is 0 Å². The number of rotatable bonds is 3. The molecule has 0 radical (unpaired) electrons. The van der Waals surface area contributed by atoms with Gasteiger partial charge in [-0.25, -0.2) is 4.79 Å². The van der Waals surface area contributed by atoms with Crippen LogP contribution < -0.4 is 5.32 Å². The van der Waals surface area contributed by atoms with E-state index in [2.05, 4.69) is 5.32 Å². The third-order valence-electron chi connectivity index (χ3n) is 1.36. The van der Waals surface area contributed by atoms with Crippen LogP contribution in [0.5, 0.6) is 0 Å². The lowest BCUT2D eigenvalue weighted by atomic mass is 10.2. The molecule has 0 aliphatic heterocycles. The van der Waals surface area contributed by atoms with Gasteiger partial charge in [-0.3, -0.25) is 4.79 Å². The van der Waals surface area contributed by atoms with Gasteiger partial charge in [-0.05, 0) is 27.7 Å². The van der Waals surface area contributed by atoms with Crippen LogP contribution in [0.3, 0.4) is 0 Å². The maximum Gasteiger partial charge on any atom is 0.408 e. The normalized spacial score (nSPS) is 13.2. The van der Waals surface area contributed by atoms with Crippen molar-refractivity contribution in [2.45, 2.75) is 39.3 Å². The quantitative estimate of drug-likeness (QED) is 0.698. The Morgan fingerprint density at radius 2 is 1.93 bits per heavy atom. The predicted octanol–water partition coefficient (Wildman–Crippen LogP) is 0.461. The molecule has 0 rings (SSSR count). The van der Waals surface area contributed by atoms with Gasteiger partial charge in [0.1, 0.15) is 11.6 Å². The zero-order valence-electron chi connectivity index (χ0n) is 8.96. The molecule has 0 saturated heterocycles. The number of Topliss-reactive ketones (excluding diaryl/α,β-unsaturated/α-hetero) is 1. The number of alkyl carbamates (subject to hydrolysis) is 1. The molecule has 1 atom stereocenters. The summed E-state index contributed by atoms with van der Waals surface area (Å²) in [6.45, 7) is 6.02. The van der Waals surface area contributed by atoms with Gasteiger partial charge in [-0.15, -0.1) is 0 Å². The second-order valence-corrected chi connectivity index (χ2v) is 3.99.